The smallest absolute Gasteiger partial charge is 0.251 e. The van der Waals surface area contributed by atoms with Crippen LogP contribution in [0.3, 0.4) is 0 Å². The molecule has 1 atom stereocenters. The van der Waals surface area contributed by atoms with Gasteiger partial charge in [-0.15, -0.1) is 0 Å². The monoisotopic (exact) mass is 225 g/mol. The third kappa shape index (κ3) is 1.68. The lowest BCUT2D eigenvalue weighted by Gasteiger charge is -2.28. The third-order valence-electron chi connectivity index (χ3n) is 3.00. The summed E-state index contributed by atoms with van der Waals surface area (Å²) in [6.45, 7) is 4.31. The predicted molar refractivity (Wildman–Crippen MR) is 56.3 cm³/mol. The van der Waals surface area contributed by atoms with E-state index >= 15 is 0 Å². The molecule has 0 aliphatic carbocycles. The standard InChI is InChI=1S/C12H13F2NO/c1-6(2)9-5-15-12(16)8-3-7(13)4-10(14)11(8)9/h3-4,6,9H,5H2,1-2H3,(H,15,16). The molecule has 2 rings (SSSR count). The Balaban J connectivity index is 2.61. The average Bonchev–Trinajstić information content (AvgIpc) is 2.19. The quantitative estimate of drug-likeness (QED) is 0.781. The summed E-state index contributed by atoms with van der Waals surface area (Å²) in [5, 5.41) is 2.65. The van der Waals surface area contributed by atoms with E-state index in [2.05, 4.69) is 5.32 Å². The molecule has 2 nitrogen and oxygen atoms in total. The maximum atomic E-state index is 13.7. The van der Waals surface area contributed by atoms with E-state index in [9.17, 15) is 13.6 Å². The van der Waals surface area contributed by atoms with Crippen molar-refractivity contribution in [3.63, 3.8) is 0 Å². The molecule has 1 amide bonds. The molecule has 1 unspecified atom stereocenters. The second kappa shape index (κ2) is 3.85. The van der Waals surface area contributed by atoms with Gasteiger partial charge in [0.15, 0.2) is 0 Å². The van der Waals surface area contributed by atoms with E-state index in [1.807, 2.05) is 13.8 Å². The number of amides is 1. The minimum atomic E-state index is -0.712. The van der Waals surface area contributed by atoms with E-state index in [4.69, 9.17) is 0 Å². The van der Waals surface area contributed by atoms with Crippen LogP contribution in [0, 0.1) is 17.6 Å². The highest BCUT2D eigenvalue weighted by Crippen LogP contribution is 2.32. The van der Waals surface area contributed by atoms with Gasteiger partial charge in [-0.05, 0) is 12.0 Å². The molecular formula is C12H13F2NO. The molecule has 0 bridgehead atoms. The molecule has 16 heavy (non-hydrogen) atoms. The van der Waals surface area contributed by atoms with Crippen molar-refractivity contribution in [2.45, 2.75) is 19.8 Å². The first-order valence-electron chi connectivity index (χ1n) is 5.28. The normalized spacial score (nSPS) is 19.6. The Kier molecular flexibility index (Phi) is 2.66. The minimum Gasteiger partial charge on any atom is -0.351 e. The second-order valence-corrected chi connectivity index (χ2v) is 4.41. The zero-order valence-electron chi connectivity index (χ0n) is 9.18. The first-order chi connectivity index (χ1) is 7.50. The second-order valence-electron chi connectivity index (χ2n) is 4.41. The Morgan fingerprint density at radius 3 is 2.69 bits per heavy atom. The topological polar surface area (TPSA) is 29.1 Å². The molecule has 86 valence electrons. The number of halogens is 2. The molecule has 1 aromatic rings. The van der Waals surface area contributed by atoms with Crippen LogP contribution < -0.4 is 5.32 Å². The molecule has 0 fully saturated rings. The van der Waals surface area contributed by atoms with Crippen molar-refractivity contribution >= 4 is 5.91 Å². The average molecular weight is 225 g/mol. The molecule has 0 radical (unpaired) electrons. The number of nitrogens with one attached hydrogen (secondary N) is 1. The number of hydrogen-bond donors (Lipinski definition) is 1. The highest BCUT2D eigenvalue weighted by molar-refractivity contribution is 5.97. The first kappa shape index (κ1) is 11.0. The zero-order chi connectivity index (χ0) is 11.9. The number of carbonyl (C=O) groups is 1. The summed E-state index contributed by atoms with van der Waals surface area (Å²) in [6.07, 6.45) is 0. The molecular weight excluding hydrogens is 212 g/mol. The first-order valence-corrected chi connectivity index (χ1v) is 5.28. The fourth-order valence-corrected chi connectivity index (χ4v) is 2.12. The van der Waals surface area contributed by atoms with Crippen LogP contribution in [0.2, 0.25) is 0 Å². The maximum absolute atomic E-state index is 13.7. The van der Waals surface area contributed by atoms with Gasteiger partial charge in [-0.2, -0.15) is 0 Å². The van der Waals surface area contributed by atoms with E-state index in [-0.39, 0.29) is 17.4 Å². The van der Waals surface area contributed by atoms with Crippen LogP contribution in [0.5, 0.6) is 0 Å². The number of fused-ring (bicyclic) bond motifs is 1. The van der Waals surface area contributed by atoms with Crippen molar-refractivity contribution < 1.29 is 13.6 Å². The summed E-state index contributed by atoms with van der Waals surface area (Å²) >= 11 is 0. The number of rotatable bonds is 1. The molecule has 1 aliphatic heterocycles. The molecule has 0 saturated heterocycles. The van der Waals surface area contributed by atoms with Crippen LogP contribution in [0.25, 0.3) is 0 Å². The van der Waals surface area contributed by atoms with Gasteiger partial charge < -0.3 is 5.32 Å². The summed E-state index contributed by atoms with van der Waals surface area (Å²) < 4.78 is 26.7. The van der Waals surface area contributed by atoms with Gasteiger partial charge in [0.05, 0.1) is 0 Å². The van der Waals surface area contributed by atoms with E-state index < -0.39 is 17.5 Å². The molecule has 0 aromatic heterocycles. The van der Waals surface area contributed by atoms with E-state index in [1.165, 1.54) is 0 Å². The van der Waals surface area contributed by atoms with Crippen molar-refractivity contribution in [2.24, 2.45) is 5.92 Å². The van der Waals surface area contributed by atoms with Gasteiger partial charge in [0, 0.05) is 29.7 Å². The van der Waals surface area contributed by atoms with Crippen molar-refractivity contribution in [3.05, 3.63) is 34.9 Å². The van der Waals surface area contributed by atoms with Crippen molar-refractivity contribution in [2.75, 3.05) is 6.54 Å². The zero-order valence-corrected chi connectivity index (χ0v) is 9.18. The number of carbonyl (C=O) groups excluding carboxylic acids is 1. The van der Waals surface area contributed by atoms with Crippen LogP contribution in [0.15, 0.2) is 12.1 Å². The Morgan fingerprint density at radius 1 is 1.38 bits per heavy atom. The number of benzene rings is 1. The largest absolute Gasteiger partial charge is 0.351 e. The Bertz CT molecular complexity index is 443. The van der Waals surface area contributed by atoms with E-state index in [0.29, 0.717) is 12.1 Å². The van der Waals surface area contributed by atoms with E-state index in [0.717, 1.165) is 12.1 Å². The van der Waals surface area contributed by atoms with Crippen LogP contribution in [0.4, 0.5) is 8.78 Å². The van der Waals surface area contributed by atoms with Crippen LogP contribution in [-0.2, 0) is 0 Å². The van der Waals surface area contributed by atoms with Gasteiger partial charge in [-0.25, -0.2) is 8.78 Å². The Labute approximate surface area is 92.7 Å². The van der Waals surface area contributed by atoms with Crippen molar-refractivity contribution in [1.29, 1.82) is 0 Å². The van der Waals surface area contributed by atoms with Gasteiger partial charge in [-0.1, -0.05) is 13.8 Å². The predicted octanol–water partition coefficient (Wildman–Crippen LogP) is 2.45. The fraction of sp³-hybridized carbons (Fsp3) is 0.417. The highest BCUT2D eigenvalue weighted by Gasteiger charge is 2.30. The van der Waals surface area contributed by atoms with Gasteiger partial charge in [0.2, 0.25) is 0 Å². The summed E-state index contributed by atoms with van der Waals surface area (Å²) in [5.41, 5.74) is 0.475. The molecule has 1 aliphatic rings. The summed E-state index contributed by atoms with van der Waals surface area (Å²) in [6, 6.07) is 1.94. The summed E-state index contributed by atoms with van der Waals surface area (Å²) in [5.74, 6) is -1.63. The van der Waals surface area contributed by atoms with Gasteiger partial charge in [0.1, 0.15) is 11.6 Å². The fourth-order valence-electron chi connectivity index (χ4n) is 2.12. The SMILES string of the molecule is CC(C)C1CNC(=O)c2cc(F)cc(F)c21. The maximum Gasteiger partial charge on any atom is 0.251 e. The molecule has 4 heteroatoms. The van der Waals surface area contributed by atoms with Crippen LogP contribution in [-0.4, -0.2) is 12.5 Å². The third-order valence-corrected chi connectivity index (χ3v) is 3.00. The van der Waals surface area contributed by atoms with Crippen molar-refractivity contribution in [1.82, 2.24) is 5.32 Å². The summed E-state index contributed by atoms with van der Waals surface area (Å²) in [7, 11) is 0. The van der Waals surface area contributed by atoms with Crippen LogP contribution >= 0.6 is 0 Å². The molecule has 1 N–H and O–H groups in total. The minimum absolute atomic E-state index is 0.0895. The molecule has 0 saturated carbocycles. The Hall–Kier alpha value is -1.45. The lowest BCUT2D eigenvalue weighted by atomic mass is 9.82. The lowest BCUT2D eigenvalue weighted by molar-refractivity contribution is 0.0934. The van der Waals surface area contributed by atoms with Gasteiger partial charge in [-0.3, -0.25) is 4.79 Å². The highest BCUT2D eigenvalue weighted by atomic mass is 19.1. The molecule has 0 spiro atoms. The molecule has 1 heterocycles. The van der Waals surface area contributed by atoms with Crippen molar-refractivity contribution in [3.8, 4) is 0 Å². The van der Waals surface area contributed by atoms with E-state index in [1.54, 1.807) is 0 Å². The molecule has 1 aromatic carbocycles. The number of hydrogen-bond acceptors (Lipinski definition) is 1. The van der Waals surface area contributed by atoms with Gasteiger partial charge >= 0.3 is 0 Å². The van der Waals surface area contributed by atoms with Gasteiger partial charge in [0.25, 0.3) is 5.91 Å². The lowest BCUT2D eigenvalue weighted by Crippen LogP contribution is -2.37. The van der Waals surface area contributed by atoms with Crippen LogP contribution in [0.1, 0.15) is 35.7 Å². The Morgan fingerprint density at radius 2 is 2.06 bits per heavy atom. The summed E-state index contributed by atoms with van der Waals surface area (Å²) in [4.78, 5) is 11.5.